The molecule has 2 aromatic carbocycles. The third-order valence-corrected chi connectivity index (χ3v) is 3.57. The molecule has 4 N–H and O–H groups in total. The first-order chi connectivity index (χ1) is 8.69. The van der Waals surface area contributed by atoms with Crippen LogP contribution in [0, 0.1) is 3.57 Å². The van der Waals surface area contributed by atoms with Crippen molar-refractivity contribution in [2.45, 2.75) is 13.2 Å². The maximum absolute atomic E-state index is 8.97. The summed E-state index contributed by atoms with van der Waals surface area (Å²) in [6.07, 6.45) is 0. The molecule has 0 aliphatic carbocycles. The van der Waals surface area contributed by atoms with Crippen LogP contribution in [0.15, 0.2) is 42.5 Å². The fourth-order valence-electron chi connectivity index (χ4n) is 1.63. The lowest BCUT2D eigenvalue weighted by molar-refractivity contribution is 0.282. The van der Waals surface area contributed by atoms with Crippen LogP contribution in [-0.4, -0.2) is 5.11 Å². The van der Waals surface area contributed by atoms with E-state index in [4.69, 9.17) is 10.8 Å². The lowest BCUT2D eigenvalue weighted by Crippen LogP contribution is -2.01. The normalized spacial score (nSPS) is 10.3. The van der Waals surface area contributed by atoms with Gasteiger partial charge in [-0.25, -0.2) is 0 Å². The first-order valence-electron chi connectivity index (χ1n) is 5.66. The molecule has 0 amide bonds. The average Bonchev–Trinajstić information content (AvgIpc) is 2.38. The van der Waals surface area contributed by atoms with E-state index in [0.717, 1.165) is 27.1 Å². The van der Waals surface area contributed by atoms with Gasteiger partial charge in [0, 0.05) is 21.5 Å². The number of nitrogens with one attached hydrogen (secondary N) is 1. The minimum absolute atomic E-state index is 0.0869. The van der Waals surface area contributed by atoms with Gasteiger partial charge in [0.1, 0.15) is 0 Å². The molecule has 3 nitrogen and oxygen atoms in total. The Hall–Kier alpha value is -1.27. The fraction of sp³-hybridized carbons (Fsp3) is 0.143. The van der Waals surface area contributed by atoms with E-state index >= 15 is 0 Å². The number of hydrogen-bond donors (Lipinski definition) is 3. The molecule has 0 saturated carbocycles. The first kappa shape index (κ1) is 13.2. The van der Waals surface area contributed by atoms with Gasteiger partial charge in [-0.15, -0.1) is 0 Å². The Balaban J connectivity index is 2.02. The maximum atomic E-state index is 8.97. The van der Waals surface area contributed by atoms with Crippen molar-refractivity contribution < 1.29 is 5.11 Å². The SMILES string of the molecule is Nc1ccc(NCc2ccc(CO)cc2)c(I)c1. The lowest BCUT2D eigenvalue weighted by atomic mass is 10.1. The number of hydrogen-bond acceptors (Lipinski definition) is 3. The van der Waals surface area contributed by atoms with Gasteiger partial charge in [-0.05, 0) is 51.9 Å². The molecule has 0 radical (unpaired) electrons. The van der Waals surface area contributed by atoms with E-state index in [-0.39, 0.29) is 6.61 Å². The fourth-order valence-corrected chi connectivity index (χ4v) is 2.36. The van der Waals surface area contributed by atoms with Gasteiger partial charge >= 0.3 is 0 Å². The molecular formula is C14H15IN2O. The number of benzene rings is 2. The predicted molar refractivity (Wildman–Crippen MR) is 83.3 cm³/mol. The van der Waals surface area contributed by atoms with Crippen molar-refractivity contribution in [2.24, 2.45) is 0 Å². The van der Waals surface area contributed by atoms with E-state index in [9.17, 15) is 0 Å². The number of nitrogen functional groups attached to an aromatic ring is 1. The highest BCUT2D eigenvalue weighted by atomic mass is 127. The monoisotopic (exact) mass is 354 g/mol. The van der Waals surface area contributed by atoms with E-state index in [1.54, 1.807) is 0 Å². The molecule has 0 aliphatic heterocycles. The van der Waals surface area contributed by atoms with Gasteiger partial charge in [-0.1, -0.05) is 24.3 Å². The van der Waals surface area contributed by atoms with Gasteiger partial charge < -0.3 is 16.2 Å². The average molecular weight is 354 g/mol. The van der Waals surface area contributed by atoms with Crippen LogP contribution in [0.1, 0.15) is 11.1 Å². The molecule has 0 aromatic heterocycles. The van der Waals surface area contributed by atoms with Crippen molar-refractivity contribution in [3.63, 3.8) is 0 Å². The van der Waals surface area contributed by atoms with Crippen LogP contribution in [0.25, 0.3) is 0 Å². The third-order valence-electron chi connectivity index (χ3n) is 2.68. The maximum Gasteiger partial charge on any atom is 0.0681 e. The molecule has 2 rings (SSSR count). The number of aliphatic hydroxyl groups excluding tert-OH is 1. The van der Waals surface area contributed by atoms with Crippen molar-refractivity contribution in [3.8, 4) is 0 Å². The smallest absolute Gasteiger partial charge is 0.0681 e. The summed E-state index contributed by atoms with van der Waals surface area (Å²) in [5.74, 6) is 0. The number of nitrogens with two attached hydrogens (primary N) is 1. The second kappa shape index (κ2) is 6.06. The zero-order valence-electron chi connectivity index (χ0n) is 9.86. The summed E-state index contributed by atoms with van der Waals surface area (Å²) in [7, 11) is 0. The van der Waals surface area contributed by atoms with Crippen LogP contribution >= 0.6 is 22.6 Å². The minimum atomic E-state index is 0.0869. The predicted octanol–water partition coefficient (Wildman–Crippen LogP) is 2.98. The van der Waals surface area contributed by atoms with Gasteiger partial charge in [0.2, 0.25) is 0 Å². The molecule has 0 spiro atoms. The number of rotatable bonds is 4. The molecule has 0 bridgehead atoms. The van der Waals surface area contributed by atoms with Crippen molar-refractivity contribution in [3.05, 3.63) is 57.2 Å². The summed E-state index contributed by atoms with van der Waals surface area (Å²) < 4.78 is 1.11. The first-order valence-corrected chi connectivity index (χ1v) is 6.74. The van der Waals surface area contributed by atoms with Crippen LogP contribution in [0.5, 0.6) is 0 Å². The summed E-state index contributed by atoms with van der Waals surface area (Å²) in [5, 5.41) is 12.3. The second-order valence-corrected chi connectivity index (χ2v) is 5.23. The highest BCUT2D eigenvalue weighted by Gasteiger charge is 2.00. The molecule has 4 heteroatoms. The topological polar surface area (TPSA) is 58.3 Å². The molecule has 18 heavy (non-hydrogen) atoms. The van der Waals surface area contributed by atoms with Crippen molar-refractivity contribution in [2.75, 3.05) is 11.1 Å². The molecule has 94 valence electrons. The standard InChI is InChI=1S/C14H15IN2O/c15-13-7-12(16)5-6-14(13)17-8-10-1-3-11(9-18)4-2-10/h1-7,17-18H,8-9,16H2. The highest BCUT2D eigenvalue weighted by Crippen LogP contribution is 2.21. The Kier molecular flexibility index (Phi) is 4.43. The van der Waals surface area contributed by atoms with Gasteiger partial charge in [0.05, 0.1) is 6.61 Å². The van der Waals surface area contributed by atoms with Gasteiger partial charge in [0.25, 0.3) is 0 Å². The number of aliphatic hydroxyl groups is 1. The molecule has 0 fully saturated rings. The molecule has 0 heterocycles. The van der Waals surface area contributed by atoms with Crippen LogP contribution in [-0.2, 0) is 13.2 Å². The second-order valence-electron chi connectivity index (χ2n) is 4.07. The minimum Gasteiger partial charge on any atom is -0.399 e. The molecule has 2 aromatic rings. The molecule has 0 atom stereocenters. The Morgan fingerprint density at radius 3 is 2.33 bits per heavy atom. The Morgan fingerprint density at radius 1 is 1.06 bits per heavy atom. The lowest BCUT2D eigenvalue weighted by Gasteiger charge is -2.09. The van der Waals surface area contributed by atoms with Crippen LogP contribution in [0.3, 0.4) is 0 Å². The molecule has 0 unspecified atom stereocenters. The van der Waals surface area contributed by atoms with Crippen molar-refractivity contribution in [1.82, 2.24) is 0 Å². The van der Waals surface area contributed by atoms with Crippen molar-refractivity contribution >= 4 is 34.0 Å². The van der Waals surface area contributed by atoms with Crippen LogP contribution < -0.4 is 11.1 Å². The van der Waals surface area contributed by atoms with Gasteiger partial charge in [-0.2, -0.15) is 0 Å². The van der Waals surface area contributed by atoms with E-state index in [1.807, 2.05) is 42.5 Å². The van der Waals surface area contributed by atoms with Crippen LogP contribution in [0.2, 0.25) is 0 Å². The molecule has 0 saturated heterocycles. The Labute approximate surface area is 120 Å². The quantitative estimate of drug-likeness (QED) is 0.585. The van der Waals surface area contributed by atoms with Gasteiger partial charge in [0.15, 0.2) is 0 Å². The number of anilines is 2. The summed E-state index contributed by atoms with van der Waals surface area (Å²) in [5.41, 5.74) is 9.68. The Morgan fingerprint density at radius 2 is 1.72 bits per heavy atom. The van der Waals surface area contributed by atoms with E-state index in [1.165, 1.54) is 5.56 Å². The third kappa shape index (κ3) is 3.36. The van der Waals surface area contributed by atoms with E-state index < -0.39 is 0 Å². The summed E-state index contributed by atoms with van der Waals surface area (Å²) in [6.45, 7) is 0.842. The Bertz CT molecular complexity index is 526. The van der Waals surface area contributed by atoms with Crippen LogP contribution in [0.4, 0.5) is 11.4 Å². The summed E-state index contributed by atoms with van der Waals surface area (Å²) >= 11 is 2.26. The zero-order valence-corrected chi connectivity index (χ0v) is 12.0. The summed E-state index contributed by atoms with van der Waals surface area (Å²) in [4.78, 5) is 0. The molecular weight excluding hydrogens is 339 g/mol. The largest absolute Gasteiger partial charge is 0.399 e. The summed E-state index contributed by atoms with van der Waals surface area (Å²) in [6, 6.07) is 13.7. The highest BCUT2D eigenvalue weighted by molar-refractivity contribution is 14.1. The zero-order chi connectivity index (χ0) is 13.0. The van der Waals surface area contributed by atoms with E-state index in [2.05, 4.69) is 27.9 Å². The van der Waals surface area contributed by atoms with E-state index in [0.29, 0.717) is 0 Å². The van der Waals surface area contributed by atoms with Crippen molar-refractivity contribution in [1.29, 1.82) is 0 Å². The van der Waals surface area contributed by atoms with Gasteiger partial charge in [-0.3, -0.25) is 0 Å². The number of halogens is 1. The molecule has 0 aliphatic rings.